The Kier molecular flexibility index (Phi) is 4.65. The number of carbonyl (C=O) groups is 2. The second kappa shape index (κ2) is 6.10. The number of nitrogens with one attached hydrogen (secondary N) is 1. The van der Waals surface area contributed by atoms with E-state index in [1.165, 1.54) is 0 Å². The lowest BCUT2D eigenvalue weighted by Gasteiger charge is -2.38. The van der Waals surface area contributed by atoms with E-state index in [2.05, 4.69) is 5.32 Å². The average Bonchev–Trinajstić information content (AvgIpc) is 2.87. The fraction of sp³-hybridized carbons (Fsp3) is 0.857. The molecule has 0 aliphatic carbocycles. The van der Waals surface area contributed by atoms with Crippen molar-refractivity contribution in [3.63, 3.8) is 0 Å². The highest BCUT2D eigenvalue weighted by atomic mass is 16.5. The van der Waals surface area contributed by atoms with E-state index in [-0.39, 0.29) is 17.9 Å². The van der Waals surface area contributed by atoms with Gasteiger partial charge < -0.3 is 20.1 Å². The van der Waals surface area contributed by atoms with E-state index < -0.39 is 11.4 Å². The molecule has 0 aromatic carbocycles. The van der Waals surface area contributed by atoms with Crippen LogP contribution in [0, 0.1) is 11.3 Å². The molecule has 2 heterocycles. The van der Waals surface area contributed by atoms with Crippen LogP contribution in [0.15, 0.2) is 0 Å². The van der Waals surface area contributed by atoms with Crippen molar-refractivity contribution in [2.24, 2.45) is 11.3 Å². The highest BCUT2D eigenvalue weighted by Crippen LogP contribution is 2.32. The summed E-state index contributed by atoms with van der Waals surface area (Å²) in [5.74, 6) is -0.802. The molecule has 2 atom stereocenters. The van der Waals surface area contributed by atoms with Crippen molar-refractivity contribution in [1.29, 1.82) is 0 Å². The first kappa shape index (κ1) is 15.3. The van der Waals surface area contributed by atoms with Gasteiger partial charge in [0, 0.05) is 19.1 Å². The number of carboxylic acid groups (broad SMARTS) is 1. The number of carboxylic acids is 1. The summed E-state index contributed by atoms with van der Waals surface area (Å²) in [5, 5.41) is 12.5. The third-order valence-electron chi connectivity index (χ3n) is 4.56. The van der Waals surface area contributed by atoms with E-state index in [1.807, 2.05) is 6.92 Å². The van der Waals surface area contributed by atoms with Crippen molar-refractivity contribution in [3.05, 3.63) is 0 Å². The quantitative estimate of drug-likeness (QED) is 0.777. The van der Waals surface area contributed by atoms with Crippen LogP contribution < -0.4 is 5.32 Å². The Morgan fingerprint density at radius 2 is 2.00 bits per heavy atom. The Morgan fingerprint density at radius 1 is 1.35 bits per heavy atom. The highest BCUT2D eigenvalue weighted by Gasteiger charge is 2.41. The van der Waals surface area contributed by atoms with Crippen LogP contribution in [0.1, 0.15) is 26.7 Å². The van der Waals surface area contributed by atoms with Crippen molar-refractivity contribution in [1.82, 2.24) is 10.2 Å². The molecule has 2 fully saturated rings. The number of likely N-dealkylation sites (tertiary alicyclic amines) is 1. The summed E-state index contributed by atoms with van der Waals surface area (Å²) in [7, 11) is 0. The molecule has 2 saturated heterocycles. The molecule has 2 unspecified atom stereocenters. The lowest BCUT2D eigenvalue weighted by Crippen LogP contribution is -2.50. The SMILES string of the molecule is CCNC1COCC1C(=O)N1CCC(C)(C(=O)O)CC1. The van der Waals surface area contributed by atoms with Crippen molar-refractivity contribution in [2.45, 2.75) is 32.7 Å². The van der Waals surface area contributed by atoms with Crippen molar-refractivity contribution in [2.75, 3.05) is 32.8 Å². The molecule has 0 radical (unpaired) electrons. The van der Waals surface area contributed by atoms with Gasteiger partial charge in [-0.15, -0.1) is 0 Å². The molecule has 114 valence electrons. The van der Waals surface area contributed by atoms with Crippen LogP contribution in [0.4, 0.5) is 0 Å². The maximum absolute atomic E-state index is 12.5. The zero-order valence-electron chi connectivity index (χ0n) is 12.2. The first-order chi connectivity index (χ1) is 9.48. The van der Waals surface area contributed by atoms with Crippen LogP contribution in [0.5, 0.6) is 0 Å². The number of hydrogen-bond donors (Lipinski definition) is 2. The van der Waals surface area contributed by atoms with Crippen LogP contribution >= 0.6 is 0 Å². The lowest BCUT2D eigenvalue weighted by molar-refractivity contribution is -0.153. The molecule has 6 heteroatoms. The van der Waals surface area contributed by atoms with Gasteiger partial charge in [-0.1, -0.05) is 6.92 Å². The molecule has 20 heavy (non-hydrogen) atoms. The Labute approximate surface area is 119 Å². The molecule has 0 bridgehead atoms. The Hall–Kier alpha value is -1.14. The van der Waals surface area contributed by atoms with Crippen LogP contribution in [-0.4, -0.2) is 60.8 Å². The molecule has 2 N–H and O–H groups in total. The second-order valence-corrected chi connectivity index (χ2v) is 6.00. The zero-order valence-corrected chi connectivity index (χ0v) is 12.2. The van der Waals surface area contributed by atoms with Gasteiger partial charge in [-0.3, -0.25) is 9.59 Å². The van der Waals surface area contributed by atoms with Crippen molar-refractivity contribution < 1.29 is 19.4 Å². The molecule has 1 amide bonds. The molecule has 2 aliphatic rings. The lowest BCUT2D eigenvalue weighted by atomic mass is 9.80. The molecule has 0 aromatic rings. The monoisotopic (exact) mass is 284 g/mol. The predicted molar refractivity (Wildman–Crippen MR) is 73.3 cm³/mol. The number of ether oxygens (including phenoxy) is 1. The smallest absolute Gasteiger partial charge is 0.309 e. The summed E-state index contributed by atoms with van der Waals surface area (Å²) in [5.41, 5.74) is -0.690. The predicted octanol–water partition coefficient (Wildman–Crippen LogP) is 0.324. The Morgan fingerprint density at radius 3 is 2.55 bits per heavy atom. The summed E-state index contributed by atoms with van der Waals surface area (Å²) >= 11 is 0. The van der Waals surface area contributed by atoms with E-state index in [9.17, 15) is 14.7 Å². The molecular formula is C14H24N2O4. The second-order valence-electron chi connectivity index (χ2n) is 6.00. The standard InChI is InChI=1S/C14H24N2O4/c1-3-15-11-9-20-8-10(11)12(17)16-6-4-14(2,5-7-16)13(18)19/h10-11,15H,3-9H2,1-2H3,(H,18,19). The largest absolute Gasteiger partial charge is 0.481 e. The first-order valence-corrected chi connectivity index (χ1v) is 7.31. The minimum absolute atomic E-state index is 0.0836. The van der Waals surface area contributed by atoms with E-state index in [0.29, 0.717) is 39.1 Å². The van der Waals surface area contributed by atoms with Gasteiger partial charge in [0.1, 0.15) is 0 Å². The summed E-state index contributed by atoms with van der Waals surface area (Å²) < 4.78 is 5.41. The summed E-state index contributed by atoms with van der Waals surface area (Å²) in [4.78, 5) is 25.5. The van der Waals surface area contributed by atoms with Crippen LogP contribution in [0.2, 0.25) is 0 Å². The number of piperidine rings is 1. The maximum atomic E-state index is 12.5. The minimum Gasteiger partial charge on any atom is -0.481 e. The van der Waals surface area contributed by atoms with E-state index in [0.717, 1.165) is 6.54 Å². The van der Waals surface area contributed by atoms with Crippen LogP contribution in [-0.2, 0) is 14.3 Å². The number of nitrogens with zero attached hydrogens (tertiary/aromatic N) is 1. The number of aliphatic carboxylic acids is 1. The first-order valence-electron chi connectivity index (χ1n) is 7.31. The number of amides is 1. The zero-order chi connectivity index (χ0) is 14.8. The summed E-state index contributed by atoms with van der Waals surface area (Å²) in [6.07, 6.45) is 1.04. The van der Waals surface area contributed by atoms with Crippen LogP contribution in [0.3, 0.4) is 0 Å². The third-order valence-corrected chi connectivity index (χ3v) is 4.56. The van der Waals surface area contributed by atoms with Gasteiger partial charge in [0.2, 0.25) is 5.91 Å². The molecule has 0 saturated carbocycles. The normalized spacial score (nSPS) is 29.4. The highest BCUT2D eigenvalue weighted by molar-refractivity contribution is 5.81. The van der Waals surface area contributed by atoms with Gasteiger partial charge in [-0.25, -0.2) is 0 Å². The number of hydrogen-bond acceptors (Lipinski definition) is 4. The van der Waals surface area contributed by atoms with Gasteiger partial charge in [0.15, 0.2) is 0 Å². The average molecular weight is 284 g/mol. The van der Waals surface area contributed by atoms with E-state index >= 15 is 0 Å². The van der Waals surface area contributed by atoms with E-state index in [1.54, 1.807) is 11.8 Å². The Balaban J connectivity index is 1.93. The minimum atomic E-state index is -0.765. The molecule has 0 spiro atoms. The molecule has 2 aliphatic heterocycles. The van der Waals surface area contributed by atoms with Crippen LogP contribution in [0.25, 0.3) is 0 Å². The topological polar surface area (TPSA) is 78.9 Å². The summed E-state index contributed by atoms with van der Waals surface area (Å²) in [6.45, 7) is 6.67. The van der Waals surface area contributed by atoms with Gasteiger partial charge in [0.05, 0.1) is 24.5 Å². The van der Waals surface area contributed by atoms with Crippen molar-refractivity contribution >= 4 is 11.9 Å². The molecule has 0 aromatic heterocycles. The maximum Gasteiger partial charge on any atom is 0.309 e. The molecule has 6 nitrogen and oxygen atoms in total. The third kappa shape index (κ3) is 2.96. The molecule has 2 rings (SSSR count). The number of likely N-dealkylation sites (N-methyl/N-ethyl adjacent to an activating group) is 1. The fourth-order valence-electron chi connectivity index (χ4n) is 2.93. The summed E-state index contributed by atoms with van der Waals surface area (Å²) in [6, 6.07) is 0.0836. The number of carbonyl (C=O) groups excluding carboxylic acids is 1. The van der Waals surface area contributed by atoms with Gasteiger partial charge in [-0.05, 0) is 26.3 Å². The van der Waals surface area contributed by atoms with Gasteiger partial charge in [0.25, 0.3) is 0 Å². The van der Waals surface area contributed by atoms with Gasteiger partial charge >= 0.3 is 5.97 Å². The van der Waals surface area contributed by atoms with Crippen molar-refractivity contribution in [3.8, 4) is 0 Å². The number of rotatable bonds is 4. The Bertz CT molecular complexity index is 377. The van der Waals surface area contributed by atoms with Gasteiger partial charge in [-0.2, -0.15) is 0 Å². The fourth-order valence-corrected chi connectivity index (χ4v) is 2.93. The van der Waals surface area contributed by atoms with E-state index in [4.69, 9.17) is 4.74 Å². The molecular weight excluding hydrogens is 260 g/mol.